The van der Waals surface area contributed by atoms with Gasteiger partial charge in [0.25, 0.3) is 0 Å². The topological polar surface area (TPSA) is 63.7 Å². The van der Waals surface area contributed by atoms with Crippen LogP contribution in [-0.4, -0.2) is 25.2 Å². The van der Waals surface area contributed by atoms with Crippen LogP contribution in [0.2, 0.25) is 5.02 Å². The minimum Gasteiger partial charge on any atom is -0.423 e. The van der Waals surface area contributed by atoms with E-state index in [0.717, 1.165) is 17.2 Å². The Morgan fingerprint density at radius 3 is 2.53 bits per heavy atom. The predicted molar refractivity (Wildman–Crippen MR) is 111 cm³/mol. The van der Waals surface area contributed by atoms with Gasteiger partial charge in [-0.3, -0.25) is 0 Å². The van der Waals surface area contributed by atoms with Gasteiger partial charge in [-0.05, 0) is 47.9 Å². The predicted octanol–water partition coefficient (Wildman–Crippen LogP) is 4.45. The highest BCUT2D eigenvalue weighted by atomic mass is 35.5. The first kappa shape index (κ1) is 20.5. The lowest BCUT2D eigenvalue weighted by molar-refractivity contribution is 0.0734. The van der Waals surface area contributed by atoms with Crippen molar-refractivity contribution in [1.82, 2.24) is 4.31 Å². The number of ether oxygens (including phenoxy) is 1. The van der Waals surface area contributed by atoms with Crippen LogP contribution >= 0.6 is 11.6 Å². The Kier molecular flexibility index (Phi) is 5.60. The first-order valence-corrected chi connectivity index (χ1v) is 11.0. The highest BCUT2D eigenvalue weighted by Crippen LogP contribution is 2.28. The Bertz CT molecular complexity index is 1230. The van der Waals surface area contributed by atoms with Crippen molar-refractivity contribution < 1.29 is 22.3 Å². The summed E-state index contributed by atoms with van der Waals surface area (Å²) in [5.74, 6) is -1.43. The molecule has 0 radical (unpaired) electrons. The molecule has 0 aromatic heterocycles. The number of carbonyl (C=O) groups excluding carboxylic acids is 1. The summed E-state index contributed by atoms with van der Waals surface area (Å²) in [6.45, 7) is 0.593. The van der Waals surface area contributed by atoms with Gasteiger partial charge in [0.15, 0.2) is 0 Å². The van der Waals surface area contributed by atoms with Gasteiger partial charge < -0.3 is 4.74 Å². The van der Waals surface area contributed by atoms with Crippen LogP contribution in [0, 0.1) is 5.82 Å². The molecule has 3 aromatic rings. The minimum absolute atomic E-state index is 0.00281. The number of halogens is 2. The first-order chi connectivity index (χ1) is 14.3. The average Bonchev–Trinajstić information content (AvgIpc) is 2.73. The SMILES string of the molecule is O=C(Oc1cccc(F)c1)c1cc(S(=O)(=O)N2CCc3ccccc3C2)ccc1Cl. The van der Waals surface area contributed by atoms with Gasteiger partial charge in [-0.15, -0.1) is 0 Å². The van der Waals surface area contributed by atoms with Crippen molar-refractivity contribution in [2.75, 3.05) is 6.54 Å². The van der Waals surface area contributed by atoms with E-state index in [4.69, 9.17) is 16.3 Å². The van der Waals surface area contributed by atoms with E-state index in [0.29, 0.717) is 13.0 Å². The number of rotatable bonds is 4. The molecule has 154 valence electrons. The van der Waals surface area contributed by atoms with Crippen LogP contribution in [0.25, 0.3) is 0 Å². The van der Waals surface area contributed by atoms with E-state index in [-0.39, 0.29) is 27.8 Å². The summed E-state index contributed by atoms with van der Waals surface area (Å²) in [4.78, 5) is 12.5. The highest BCUT2D eigenvalue weighted by molar-refractivity contribution is 7.89. The van der Waals surface area contributed by atoms with Crippen molar-refractivity contribution in [2.24, 2.45) is 0 Å². The number of esters is 1. The monoisotopic (exact) mass is 445 g/mol. The molecule has 0 saturated heterocycles. The lowest BCUT2D eigenvalue weighted by Crippen LogP contribution is -2.36. The van der Waals surface area contributed by atoms with Crippen LogP contribution in [0.5, 0.6) is 5.75 Å². The molecule has 1 aliphatic rings. The van der Waals surface area contributed by atoms with E-state index in [1.54, 1.807) is 0 Å². The van der Waals surface area contributed by atoms with E-state index in [9.17, 15) is 17.6 Å². The van der Waals surface area contributed by atoms with E-state index < -0.39 is 21.8 Å². The number of nitrogens with zero attached hydrogens (tertiary/aromatic N) is 1. The third-order valence-electron chi connectivity index (χ3n) is 4.90. The molecule has 30 heavy (non-hydrogen) atoms. The molecule has 0 saturated carbocycles. The Hall–Kier alpha value is -2.74. The van der Waals surface area contributed by atoms with E-state index >= 15 is 0 Å². The van der Waals surface area contributed by atoms with Crippen molar-refractivity contribution in [2.45, 2.75) is 17.9 Å². The molecule has 4 rings (SSSR count). The number of hydrogen-bond donors (Lipinski definition) is 0. The Morgan fingerprint density at radius 2 is 1.77 bits per heavy atom. The molecule has 0 amide bonds. The number of hydrogen-bond acceptors (Lipinski definition) is 4. The van der Waals surface area contributed by atoms with Gasteiger partial charge in [0.1, 0.15) is 11.6 Å². The smallest absolute Gasteiger partial charge is 0.345 e. The fourth-order valence-corrected chi connectivity index (χ4v) is 4.98. The second-order valence-electron chi connectivity index (χ2n) is 6.85. The van der Waals surface area contributed by atoms with E-state index in [1.165, 1.54) is 40.7 Å². The van der Waals surface area contributed by atoms with Crippen molar-refractivity contribution in [3.63, 3.8) is 0 Å². The summed E-state index contributed by atoms with van der Waals surface area (Å²) in [5.41, 5.74) is 1.96. The quantitative estimate of drug-likeness (QED) is 0.440. The molecule has 5 nitrogen and oxygen atoms in total. The number of carbonyl (C=O) groups is 1. The van der Waals surface area contributed by atoms with Crippen LogP contribution in [0.15, 0.2) is 71.6 Å². The van der Waals surface area contributed by atoms with Crippen LogP contribution in [0.4, 0.5) is 4.39 Å². The summed E-state index contributed by atoms with van der Waals surface area (Å²) in [5, 5.41) is 0.0411. The van der Waals surface area contributed by atoms with Gasteiger partial charge in [-0.1, -0.05) is 41.9 Å². The molecule has 0 unspecified atom stereocenters. The molecule has 0 aliphatic carbocycles. The van der Waals surface area contributed by atoms with Gasteiger partial charge >= 0.3 is 5.97 Å². The largest absolute Gasteiger partial charge is 0.423 e. The molecule has 0 N–H and O–H groups in total. The standard InChI is InChI=1S/C22H17ClFNO4S/c23-21-9-8-19(13-20(21)22(26)29-18-7-3-6-17(24)12-18)30(27,28)25-11-10-15-4-1-2-5-16(15)14-25/h1-9,12-13H,10-11,14H2. The highest BCUT2D eigenvalue weighted by Gasteiger charge is 2.29. The number of sulfonamides is 1. The number of benzene rings is 3. The molecule has 0 atom stereocenters. The summed E-state index contributed by atoms with van der Waals surface area (Å²) in [6, 6.07) is 16.7. The van der Waals surface area contributed by atoms with Crippen molar-refractivity contribution in [3.8, 4) is 5.75 Å². The molecule has 0 fully saturated rings. The van der Waals surface area contributed by atoms with Crippen LogP contribution in [0.1, 0.15) is 21.5 Å². The normalized spacial score (nSPS) is 14.2. The van der Waals surface area contributed by atoms with Gasteiger partial charge in [0.2, 0.25) is 10.0 Å². The van der Waals surface area contributed by atoms with Crippen molar-refractivity contribution >= 4 is 27.6 Å². The van der Waals surface area contributed by atoms with E-state index in [2.05, 4.69) is 0 Å². The molecular weight excluding hydrogens is 429 g/mol. The second kappa shape index (κ2) is 8.18. The zero-order valence-corrected chi connectivity index (χ0v) is 17.3. The zero-order chi connectivity index (χ0) is 21.3. The summed E-state index contributed by atoms with van der Waals surface area (Å²) in [7, 11) is -3.85. The molecule has 1 heterocycles. The van der Waals surface area contributed by atoms with Gasteiger partial charge in [-0.2, -0.15) is 4.31 Å². The van der Waals surface area contributed by atoms with E-state index in [1.807, 2.05) is 24.3 Å². The first-order valence-electron chi connectivity index (χ1n) is 9.19. The third kappa shape index (κ3) is 4.09. The summed E-state index contributed by atoms with van der Waals surface area (Å²) < 4.78 is 46.2. The minimum atomic E-state index is -3.85. The number of fused-ring (bicyclic) bond motifs is 1. The average molecular weight is 446 g/mol. The molecular formula is C22H17ClFNO4S. The molecule has 0 spiro atoms. The lowest BCUT2D eigenvalue weighted by atomic mass is 10.0. The maximum Gasteiger partial charge on any atom is 0.345 e. The maximum atomic E-state index is 13.3. The van der Waals surface area contributed by atoms with Gasteiger partial charge in [0, 0.05) is 19.2 Å². The fraction of sp³-hybridized carbons (Fsp3) is 0.136. The lowest BCUT2D eigenvalue weighted by Gasteiger charge is -2.28. The third-order valence-corrected chi connectivity index (χ3v) is 7.07. The Balaban J connectivity index is 1.61. The molecule has 1 aliphatic heterocycles. The Morgan fingerprint density at radius 1 is 1.00 bits per heavy atom. The summed E-state index contributed by atoms with van der Waals surface area (Å²) >= 11 is 6.11. The fourth-order valence-electron chi connectivity index (χ4n) is 3.34. The Labute approximate surface area is 178 Å². The molecule has 8 heteroatoms. The van der Waals surface area contributed by atoms with Crippen LogP contribution in [-0.2, 0) is 23.0 Å². The van der Waals surface area contributed by atoms with Crippen molar-refractivity contribution in [1.29, 1.82) is 0 Å². The van der Waals surface area contributed by atoms with Gasteiger partial charge in [0.05, 0.1) is 15.5 Å². The molecule has 0 bridgehead atoms. The summed E-state index contributed by atoms with van der Waals surface area (Å²) in [6.07, 6.45) is 0.609. The van der Waals surface area contributed by atoms with Crippen molar-refractivity contribution in [3.05, 3.63) is 94.3 Å². The maximum absolute atomic E-state index is 13.3. The van der Waals surface area contributed by atoms with Crippen LogP contribution < -0.4 is 4.74 Å². The molecule has 3 aromatic carbocycles. The van der Waals surface area contributed by atoms with Gasteiger partial charge in [-0.25, -0.2) is 17.6 Å². The second-order valence-corrected chi connectivity index (χ2v) is 9.19. The van der Waals surface area contributed by atoms with Crippen LogP contribution in [0.3, 0.4) is 0 Å². The zero-order valence-electron chi connectivity index (χ0n) is 15.7.